The Labute approximate surface area is 255 Å². The van der Waals surface area contributed by atoms with Crippen molar-refractivity contribution in [1.29, 1.82) is 0 Å². The van der Waals surface area contributed by atoms with Gasteiger partial charge < -0.3 is 4.90 Å². The van der Waals surface area contributed by atoms with E-state index in [4.69, 9.17) is 22.4 Å². The van der Waals surface area contributed by atoms with Crippen LogP contribution in [0.1, 0.15) is 49.2 Å². The number of rotatable bonds is 10. The third-order valence-corrected chi connectivity index (χ3v) is 7.87. The van der Waals surface area contributed by atoms with E-state index in [1.165, 1.54) is 11.1 Å². The molecule has 41 heavy (non-hydrogen) atoms. The van der Waals surface area contributed by atoms with Gasteiger partial charge in [-0.2, -0.15) is 14.9 Å². The fourth-order valence-corrected chi connectivity index (χ4v) is 5.29. The number of nitrogens with zero attached hydrogens (tertiary/aromatic N) is 5. The van der Waals surface area contributed by atoms with Gasteiger partial charge in [0.15, 0.2) is 5.82 Å². The average Bonchev–Trinajstić information content (AvgIpc) is 3.30. The Kier molecular flexibility index (Phi) is 9.27. The average molecular weight is 625 g/mol. The van der Waals surface area contributed by atoms with Gasteiger partial charge in [-0.3, -0.25) is 0 Å². The largest absolute Gasteiger partial charge is 0.321 e. The highest BCUT2D eigenvalue weighted by Gasteiger charge is 2.21. The highest BCUT2D eigenvalue weighted by molar-refractivity contribution is 9.10. The standard InChI is InChI=1S/C34H34BrN5S/c1-25(2)22-27-14-18-29(19-15-27)26(3)33-37-39(34(41)40(33)36-23-28-16-20-30(35)21-17-28)24-38(31-10-6-4-7-11-31)32-12-8-5-9-13-32/h4-21,23,25-26H,22,24H2,1-3H3/b36-23+. The van der Waals surface area contributed by atoms with Gasteiger partial charge in [-0.25, -0.2) is 4.68 Å². The van der Waals surface area contributed by atoms with Crippen LogP contribution in [0.4, 0.5) is 11.4 Å². The normalized spacial score (nSPS) is 12.2. The summed E-state index contributed by atoms with van der Waals surface area (Å²) in [5.74, 6) is 1.39. The Balaban J connectivity index is 1.55. The zero-order chi connectivity index (χ0) is 28.8. The van der Waals surface area contributed by atoms with Crippen LogP contribution in [-0.4, -0.2) is 20.7 Å². The Hall–Kier alpha value is -3.81. The summed E-state index contributed by atoms with van der Waals surface area (Å²) in [5.41, 5.74) is 5.61. The lowest BCUT2D eigenvalue weighted by Gasteiger charge is -2.24. The van der Waals surface area contributed by atoms with E-state index in [-0.39, 0.29) is 5.92 Å². The summed E-state index contributed by atoms with van der Waals surface area (Å²) in [6, 6.07) is 37.5. The van der Waals surface area contributed by atoms with Crippen LogP contribution < -0.4 is 4.90 Å². The molecule has 208 valence electrons. The molecule has 0 saturated heterocycles. The van der Waals surface area contributed by atoms with Crippen molar-refractivity contribution in [3.63, 3.8) is 0 Å². The lowest BCUT2D eigenvalue weighted by Crippen LogP contribution is -2.22. The zero-order valence-corrected chi connectivity index (χ0v) is 26.0. The molecular weight excluding hydrogens is 590 g/mol. The SMILES string of the molecule is CC(C)Cc1ccc(C(C)c2nn(CN(c3ccccc3)c3ccccc3)c(=S)n2/N=C/c2ccc(Br)cc2)cc1. The maximum Gasteiger partial charge on any atom is 0.220 e. The lowest BCUT2D eigenvalue weighted by molar-refractivity contribution is 0.601. The molecule has 1 heterocycles. The van der Waals surface area contributed by atoms with Crippen molar-refractivity contribution >= 4 is 45.7 Å². The van der Waals surface area contributed by atoms with Gasteiger partial charge in [0.25, 0.3) is 0 Å². The summed E-state index contributed by atoms with van der Waals surface area (Å²) in [4.78, 5) is 2.21. The summed E-state index contributed by atoms with van der Waals surface area (Å²) >= 11 is 9.53. The Morgan fingerprint density at radius 2 is 1.41 bits per heavy atom. The minimum Gasteiger partial charge on any atom is -0.321 e. The van der Waals surface area contributed by atoms with Gasteiger partial charge in [-0.05, 0) is 77.6 Å². The molecule has 1 aromatic heterocycles. The van der Waals surface area contributed by atoms with Crippen molar-refractivity contribution in [2.24, 2.45) is 11.0 Å². The first-order chi connectivity index (χ1) is 19.9. The summed E-state index contributed by atoms with van der Waals surface area (Å²) in [5, 5.41) is 9.94. The van der Waals surface area contributed by atoms with Crippen LogP contribution in [0.15, 0.2) is 119 Å². The lowest BCUT2D eigenvalue weighted by atomic mass is 9.96. The van der Waals surface area contributed by atoms with Crippen LogP contribution in [-0.2, 0) is 13.1 Å². The molecule has 5 aromatic rings. The fourth-order valence-electron chi connectivity index (χ4n) is 4.79. The van der Waals surface area contributed by atoms with Crippen LogP contribution >= 0.6 is 28.1 Å². The van der Waals surface area contributed by atoms with Crippen molar-refractivity contribution in [2.45, 2.75) is 39.8 Å². The van der Waals surface area contributed by atoms with Gasteiger partial charge in [0, 0.05) is 21.8 Å². The second-order valence-electron chi connectivity index (χ2n) is 10.6. The number of anilines is 2. The van der Waals surface area contributed by atoms with Crippen LogP contribution in [0.2, 0.25) is 0 Å². The molecule has 0 fully saturated rings. The van der Waals surface area contributed by atoms with Gasteiger partial charge >= 0.3 is 0 Å². The van der Waals surface area contributed by atoms with Crippen molar-refractivity contribution < 1.29 is 0 Å². The molecule has 5 nitrogen and oxygen atoms in total. The quantitative estimate of drug-likeness (QED) is 0.115. The highest BCUT2D eigenvalue weighted by atomic mass is 79.9. The highest BCUT2D eigenvalue weighted by Crippen LogP contribution is 2.28. The topological polar surface area (TPSA) is 38.4 Å². The Bertz CT molecular complexity index is 1600. The maximum absolute atomic E-state index is 6.02. The van der Waals surface area contributed by atoms with Crippen molar-refractivity contribution in [3.05, 3.63) is 141 Å². The van der Waals surface area contributed by atoms with E-state index in [0.29, 0.717) is 17.4 Å². The predicted molar refractivity (Wildman–Crippen MR) is 176 cm³/mol. The van der Waals surface area contributed by atoms with Gasteiger partial charge in [0.05, 0.1) is 6.21 Å². The van der Waals surface area contributed by atoms with E-state index in [2.05, 4.69) is 90.1 Å². The summed E-state index contributed by atoms with van der Waals surface area (Å²) < 4.78 is 5.23. The van der Waals surface area contributed by atoms with Gasteiger partial charge in [-0.1, -0.05) is 109 Å². The second kappa shape index (κ2) is 13.2. The van der Waals surface area contributed by atoms with E-state index in [1.807, 2.05) is 71.6 Å². The smallest absolute Gasteiger partial charge is 0.220 e. The first-order valence-corrected chi connectivity index (χ1v) is 15.1. The first kappa shape index (κ1) is 28.7. The number of hydrogen-bond donors (Lipinski definition) is 0. The Morgan fingerprint density at radius 1 is 0.829 bits per heavy atom. The number of para-hydroxylation sites is 2. The van der Waals surface area contributed by atoms with Crippen molar-refractivity contribution in [2.75, 3.05) is 4.90 Å². The minimum atomic E-state index is -0.0185. The Morgan fingerprint density at radius 3 is 1.98 bits per heavy atom. The molecule has 0 aliphatic heterocycles. The van der Waals surface area contributed by atoms with Gasteiger partial charge in [0.2, 0.25) is 4.77 Å². The monoisotopic (exact) mass is 623 g/mol. The third-order valence-electron chi connectivity index (χ3n) is 6.96. The molecule has 0 amide bonds. The fraction of sp³-hybridized carbons (Fsp3) is 0.206. The van der Waals surface area contributed by atoms with Crippen LogP contribution in [0.25, 0.3) is 0 Å². The first-order valence-electron chi connectivity index (χ1n) is 13.8. The van der Waals surface area contributed by atoms with Crippen molar-refractivity contribution in [3.8, 4) is 0 Å². The second-order valence-corrected chi connectivity index (χ2v) is 11.8. The molecule has 0 saturated carbocycles. The van der Waals surface area contributed by atoms with Crippen LogP contribution in [0.5, 0.6) is 0 Å². The summed E-state index contributed by atoms with van der Waals surface area (Å²) in [7, 11) is 0. The summed E-state index contributed by atoms with van der Waals surface area (Å²) in [6.45, 7) is 7.10. The van der Waals surface area contributed by atoms with Crippen LogP contribution in [0, 0.1) is 10.7 Å². The third kappa shape index (κ3) is 7.10. The molecule has 0 aliphatic carbocycles. The molecule has 0 spiro atoms. The molecule has 0 bridgehead atoms. The van der Waals surface area contributed by atoms with Crippen LogP contribution in [0.3, 0.4) is 0 Å². The molecule has 4 aromatic carbocycles. The molecule has 0 N–H and O–H groups in total. The van der Waals surface area contributed by atoms with E-state index in [0.717, 1.165) is 33.7 Å². The minimum absolute atomic E-state index is 0.0185. The van der Waals surface area contributed by atoms with Gasteiger partial charge in [-0.15, -0.1) is 0 Å². The molecule has 7 heteroatoms. The van der Waals surface area contributed by atoms with E-state index in [1.54, 1.807) is 4.68 Å². The number of aromatic nitrogens is 3. The number of hydrogen-bond acceptors (Lipinski definition) is 4. The van der Waals surface area contributed by atoms with E-state index >= 15 is 0 Å². The molecule has 1 unspecified atom stereocenters. The van der Waals surface area contributed by atoms with E-state index in [9.17, 15) is 0 Å². The summed E-state index contributed by atoms with van der Waals surface area (Å²) in [6.07, 6.45) is 2.90. The predicted octanol–water partition coefficient (Wildman–Crippen LogP) is 9.20. The molecule has 0 radical (unpaired) electrons. The molecule has 1 atom stereocenters. The van der Waals surface area contributed by atoms with Crippen molar-refractivity contribution in [1.82, 2.24) is 14.5 Å². The zero-order valence-electron chi connectivity index (χ0n) is 23.6. The van der Waals surface area contributed by atoms with Gasteiger partial charge in [0.1, 0.15) is 6.67 Å². The molecule has 5 rings (SSSR count). The maximum atomic E-state index is 6.02. The number of benzene rings is 4. The van der Waals surface area contributed by atoms with E-state index < -0.39 is 0 Å². The number of halogens is 1. The molecule has 0 aliphatic rings. The molecular formula is C34H34BrN5S.